The van der Waals surface area contributed by atoms with E-state index < -0.39 is 23.8 Å². The molecule has 0 bridgehead atoms. The molecule has 7 nitrogen and oxygen atoms in total. The van der Waals surface area contributed by atoms with Crippen LogP contribution >= 0.6 is 11.6 Å². The summed E-state index contributed by atoms with van der Waals surface area (Å²) < 4.78 is 0. The number of carbonyl (C=O) groups excluding carboxylic acids is 3. The quantitative estimate of drug-likeness (QED) is 0.573. The molecule has 1 aromatic carbocycles. The van der Waals surface area contributed by atoms with Crippen molar-refractivity contribution in [1.29, 1.82) is 0 Å². The Morgan fingerprint density at radius 3 is 2.47 bits per heavy atom. The molecule has 3 N–H and O–H groups in total. The highest BCUT2D eigenvalue weighted by Crippen LogP contribution is 2.45. The summed E-state index contributed by atoms with van der Waals surface area (Å²) in [4.78, 5) is 40.6. The summed E-state index contributed by atoms with van der Waals surface area (Å²) >= 11 is 5.91. The van der Waals surface area contributed by atoms with Crippen molar-refractivity contribution in [1.82, 2.24) is 10.2 Å². The minimum absolute atomic E-state index is 0.0390. The molecule has 0 aromatic heterocycles. The van der Waals surface area contributed by atoms with E-state index in [0.717, 1.165) is 12.8 Å². The Hall–Kier alpha value is -2.38. The minimum Gasteiger partial charge on any atom is -0.395 e. The molecule has 0 saturated carbocycles. The first-order chi connectivity index (χ1) is 14.4. The van der Waals surface area contributed by atoms with Crippen LogP contribution in [0.15, 0.2) is 36.4 Å². The zero-order valence-corrected chi connectivity index (χ0v) is 17.9. The van der Waals surface area contributed by atoms with Crippen LogP contribution in [0.5, 0.6) is 0 Å². The Balaban J connectivity index is 1.94. The number of aliphatic hydroxyl groups is 1. The first kappa shape index (κ1) is 22.3. The lowest BCUT2D eigenvalue weighted by atomic mass is 9.68. The van der Waals surface area contributed by atoms with E-state index in [1.807, 2.05) is 19.1 Å². The smallest absolute Gasteiger partial charge is 0.247 e. The molecule has 3 amide bonds. The lowest BCUT2D eigenvalue weighted by Gasteiger charge is -2.34. The maximum atomic E-state index is 13.3. The van der Waals surface area contributed by atoms with Gasteiger partial charge in [-0.3, -0.25) is 14.4 Å². The van der Waals surface area contributed by atoms with E-state index in [9.17, 15) is 19.5 Å². The molecule has 1 aliphatic heterocycles. The van der Waals surface area contributed by atoms with Gasteiger partial charge in [0.25, 0.3) is 0 Å². The molecule has 0 unspecified atom stereocenters. The minimum atomic E-state index is -0.795. The van der Waals surface area contributed by atoms with Crippen molar-refractivity contribution in [2.24, 2.45) is 23.7 Å². The second-order valence-corrected chi connectivity index (χ2v) is 8.21. The van der Waals surface area contributed by atoms with Gasteiger partial charge in [-0.15, -0.1) is 0 Å². The van der Waals surface area contributed by atoms with Crippen molar-refractivity contribution >= 4 is 35.0 Å². The number of nitrogens with one attached hydrogen (secondary N) is 2. The fourth-order valence-corrected chi connectivity index (χ4v) is 4.85. The number of likely N-dealkylation sites (tertiary alicyclic amines) is 1. The molecule has 8 heteroatoms. The van der Waals surface area contributed by atoms with E-state index in [-0.39, 0.29) is 36.8 Å². The van der Waals surface area contributed by atoms with E-state index in [1.165, 1.54) is 4.90 Å². The zero-order valence-electron chi connectivity index (χ0n) is 17.2. The van der Waals surface area contributed by atoms with Gasteiger partial charge in [0, 0.05) is 30.2 Å². The molecule has 1 heterocycles. The van der Waals surface area contributed by atoms with E-state index in [1.54, 1.807) is 31.3 Å². The van der Waals surface area contributed by atoms with Gasteiger partial charge >= 0.3 is 0 Å². The van der Waals surface area contributed by atoms with E-state index >= 15 is 0 Å². The lowest BCUT2D eigenvalue weighted by Crippen LogP contribution is -2.45. The third kappa shape index (κ3) is 4.23. The molecule has 1 fully saturated rings. The van der Waals surface area contributed by atoms with Crippen molar-refractivity contribution in [3.8, 4) is 0 Å². The number of allylic oxidation sites excluding steroid dienone is 1. The molecule has 1 aromatic rings. The van der Waals surface area contributed by atoms with Crippen LogP contribution in [0.1, 0.15) is 19.8 Å². The molecule has 162 valence electrons. The molecule has 0 spiro atoms. The van der Waals surface area contributed by atoms with E-state index in [2.05, 4.69) is 10.6 Å². The maximum absolute atomic E-state index is 13.3. The standard InChI is InChI=1S/C22H28ClN3O4/c1-3-4-13-5-10-16-18(17(13)20(28)24-2)22(30)26(11-12-27)19(16)21(29)25-15-8-6-14(23)7-9-15/h5-10,13,16-19,27H,3-4,11-12H2,1-2H3,(H,24,28)(H,25,29)/t13-,16+,17-,18+,19+/m1/s1. The zero-order chi connectivity index (χ0) is 21.8. The number of hydrogen-bond acceptors (Lipinski definition) is 4. The largest absolute Gasteiger partial charge is 0.395 e. The normalized spacial score (nSPS) is 27.7. The van der Waals surface area contributed by atoms with Gasteiger partial charge in [-0.1, -0.05) is 37.1 Å². The fourth-order valence-electron chi connectivity index (χ4n) is 4.73. The van der Waals surface area contributed by atoms with Crippen LogP contribution in [0.25, 0.3) is 0 Å². The van der Waals surface area contributed by atoms with Gasteiger partial charge in [-0.05, 0) is 36.6 Å². The van der Waals surface area contributed by atoms with Crippen LogP contribution < -0.4 is 10.6 Å². The van der Waals surface area contributed by atoms with Crippen LogP contribution in [-0.2, 0) is 14.4 Å². The van der Waals surface area contributed by atoms with Crippen LogP contribution in [-0.4, -0.2) is 54.0 Å². The monoisotopic (exact) mass is 433 g/mol. The van der Waals surface area contributed by atoms with Crippen LogP contribution in [0, 0.1) is 23.7 Å². The Labute approximate surface area is 181 Å². The summed E-state index contributed by atoms with van der Waals surface area (Å²) in [5, 5.41) is 15.6. The molecular formula is C22H28ClN3O4. The van der Waals surface area contributed by atoms with Crippen molar-refractivity contribution in [2.75, 3.05) is 25.5 Å². The van der Waals surface area contributed by atoms with Gasteiger partial charge in [-0.2, -0.15) is 0 Å². The van der Waals surface area contributed by atoms with Gasteiger partial charge in [-0.25, -0.2) is 0 Å². The average molecular weight is 434 g/mol. The summed E-state index contributed by atoms with van der Waals surface area (Å²) in [6.45, 7) is 1.82. The van der Waals surface area contributed by atoms with E-state index in [4.69, 9.17) is 11.6 Å². The van der Waals surface area contributed by atoms with Crippen molar-refractivity contribution in [3.05, 3.63) is 41.4 Å². The van der Waals surface area contributed by atoms with Crippen LogP contribution in [0.4, 0.5) is 5.69 Å². The summed E-state index contributed by atoms with van der Waals surface area (Å²) in [6.07, 6.45) is 5.55. The predicted octanol–water partition coefficient (Wildman–Crippen LogP) is 2.06. The molecule has 3 rings (SSSR count). The Morgan fingerprint density at radius 2 is 1.87 bits per heavy atom. The molecule has 1 aliphatic carbocycles. The van der Waals surface area contributed by atoms with Gasteiger partial charge in [0.15, 0.2) is 0 Å². The molecule has 5 atom stereocenters. The van der Waals surface area contributed by atoms with Gasteiger partial charge in [0.2, 0.25) is 17.7 Å². The molecule has 2 aliphatic rings. The highest BCUT2D eigenvalue weighted by Gasteiger charge is 2.56. The number of halogens is 1. The number of aliphatic hydroxyl groups excluding tert-OH is 1. The number of rotatable bonds is 7. The summed E-state index contributed by atoms with van der Waals surface area (Å²) in [7, 11) is 1.56. The first-order valence-corrected chi connectivity index (χ1v) is 10.7. The third-order valence-electron chi connectivity index (χ3n) is 6.00. The van der Waals surface area contributed by atoms with E-state index in [0.29, 0.717) is 10.7 Å². The highest BCUT2D eigenvalue weighted by molar-refractivity contribution is 6.30. The molecule has 0 radical (unpaired) electrons. The van der Waals surface area contributed by atoms with Gasteiger partial charge < -0.3 is 20.6 Å². The molecule has 30 heavy (non-hydrogen) atoms. The number of anilines is 1. The lowest BCUT2D eigenvalue weighted by molar-refractivity contribution is -0.140. The van der Waals surface area contributed by atoms with Crippen molar-refractivity contribution in [3.63, 3.8) is 0 Å². The van der Waals surface area contributed by atoms with Gasteiger partial charge in [0.05, 0.1) is 18.4 Å². The Morgan fingerprint density at radius 1 is 1.17 bits per heavy atom. The molecule has 1 saturated heterocycles. The predicted molar refractivity (Wildman–Crippen MR) is 115 cm³/mol. The Bertz CT molecular complexity index is 826. The van der Waals surface area contributed by atoms with Gasteiger partial charge in [0.1, 0.15) is 6.04 Å². The maximum Gasteiger partial charge on any atom is 0.247 e. The van der Waals surface area contributed by atoms with Crippen LogP contribution in [0.2, 0.25) is 5.02 Å². The number of nitrogens with zero attached hydrogens (tertiary/aromatic N) is 1. The number of carbonyl (C=O) groups is 3. The fraction of sp³-hybridized carbons (Fsp3) is 0.500. The summed E-state index contributed by atoms with van der Waals surface area (Å²) in [5.41, 5.74) is 0.566. The average Bonchev–Trinajstić information content (AvgIpc) is 3.01. The summed E-state index contributed by atoms with van der Waals surface area (Å²) in [6, 6.07) is 5.92. The summed E-state index contributed by atoms with van der Waals surface area (Å²) in [5.74, 6) is -2.46. The van der Waals surface area contributed by atoms with Crippen LogP contribution in [0.3, 0.4) is 0 Å². The highest BCUT2D eigenvalue weighted by atomic mass is 35.5. The Kier molecular flexibility index (Phi) is 7.15. The number of β-amino-alcohol motifs (C(OH)–C–C–N with tert-alkyl or cyclic N) is 1. The number of benzene rings is 1. The van der Waals surface area contributed by atoms with Crippen molar-refractivity contribution < 1.29 is 19.5 Å². The SMILES string of the molecule is CCC[C@@H]1C=C[C@H]2[C@H](C(=O)N(CCO)[C@@H]2C(=O)Nc2ccc(Cl)cc2)[C@@H]1C(=O)NC. The second kappa shape index (κ2) is 9.62. The third-order valence-corrected chi connectivity index (χ3v) is 6.26. The molecular weight excluding hydrogens is 406 g/mol. The van der Waals surface area contributed by atoms with Crippen molar-refractivity contribution in [2.45, 2.75) is 25.8 Å². The topological polar surface area (TPSA) is 98.7 Å². The first-order valence-electron chi connectivity index (χ1n) is 10.3. The second-order valence-electron chi connectivity index (χ2n) is 7.78. The number of amides is 3. The number of fused-ring (bicyclic) bond motifs is 1. The number of hydrogen-bond donors (Lipinski definition) is 3.